The molecule has 4 aromatic rings. The summed E-state index contributed by atoms with van der Waals surface area (Å²) in [6.07, 6.45) is 4.34. The van der Waals surface area contributed by atoms with Crippen molar-refractivity contribution in [3.8, 4) is 0 Å². The molecule has 0 radical (unpaired) electrons. The zero-order chi connectivity index (χ0) is 19.6. The molecule has 5 heteroatoms. The highest BCUT2D eigenvalue weighted by molar-refractivity contribution is 5.97. The Morgan fingerprint density at radius 3 is 2.76 bits per heavy atom. The SMILES string of the molecule is O=C(c1ccc2oc(Cc3ccccc3)nc2c1)N1CCCC1c1ccccn1. The maximum absolute atomic E-state index is 13.2. The molecule has 0 spiro atoms. The Hall–Kier alpha value is -3.47. The summed E-state index contributed by atoms with van der Waals surface area (Å²) in [6, 6.07) is 21.5. The highest BCUT2D eigenvalue weighted by atomic mass is 16.3. The van der Waals surface area contributed by atoms with Gasteiger partial charge in [-0.2, -0.15) is 0 Å². The first-order valence-corrected chi connectivity index (χ1v) is 9.93. The van der Waals surface area contributed by atoms with E-state index in [1.54, 1.807) is 6.20 Å². The normalized spacial score (nSPS) is 16.4. The summed E-state index contributed by atoms with van der Waals surface area (Å²) in [4.78, 5) is 24.2. The lowest BCUT2D eigenvalue weighted by Crippen LogP contribution is -2.30. The van der Waals surface area contributed by atoms with Gasteiger partial charge in [-0.05, 0) is 48.7 Å². The van der Waals surface area contributed by atoms with Gasteiger partial charge < -0.3 is 9.32 Å². The molecule has 1 saturated heterocycles. The number of aromatic nitrogens is 2. The van der Waals surface area contributed by atoms with Crippen LogP contribution in [-0.4, -0.2) is 27.3 Å². The highest BCUT2D eigenvalue weighted by Crippen LogP contribution is 2.32. The number of oxazole rings is 1. The van der Waals surface area contributed by atoms with Crippen LogP contribution in [0.5, 0.6) is 0 Å². The largest absolute Gasteiger partial charge is 0.440 e. The molecule has 1 fully saturated rings. The van der Waals surface area contributed by atoms with Gasteiger partial charge in [0, 0.05) is 24.7 Å². The summed E-state index contributed by atoms with van der Waals surface area (Å²) >= 11 is 0. The van der Waals surface area contributed by atoms with E-state index in [-0.39, 0.29) is 11.9 Å². The van der Waals surface area contributed by atoms with Crippen LogP contribution in [-0.2, 0) is 6.42 Å². The second kappa shape index (κ2) is 7.51. The third-order valence-corrected chi connectivity index (χ3v) is 5.42. The van der Waals surface area contributed by atoms with Crippen LogP contribution in [0.4, 0.5) is 0 Å². The smallest absolute Gasteiger partial charge is 0.254 e. The first-order valence-electron chi connectivity index (χ1n) is 9.93. The molecule has 2 aromatic heterocycles. The molecule has 3 heterocycles. The van der Waals surface area contributed by atoms with E-state index in [0.29, 0.717) is 23.5 Å². The van der Waals surface area contributed by atoms with E-state index < -0.39 is 0 Å². The van der Waals surface area contributed by atoms with Crippen LogP contribution >= 0.6 is 0 Å². The van der Waals surface area contributed by atoms with E-state index in [0.717, 1.165) is 36.2 Å². The molecule has 5 rings (SSSR count). The monoisotopic (exact) mass is 383 g/mol. The first-order chi connectivity index (χ1) is 14.3. The van der Waals surface area contributed by atoms with Crippen molar-refractivity contribution in [1.29, 1.82) is 0 Å². The van der Waals surface area contributed by atoms with Gasteiger partial charge in [0.15, 0.2) is 11.5 Å². The standard InChI is InChI=1S/C24H21N3O2/c28-24(27-14-6-10-21(27)19-9-4-5-13-25-19)18-11-12-22-20(16-18)26-23(29-22)15-17-7-2-1-3-8-17/h1-5,7-9,11-13,16,21H,6,10,14-15H2. The Labute approximate surface area is 169 Å². The molecule has 0 aliphatic carbocycles. The molecule has 0 N–H and O–H groups in total. The number of nitrogens with zero attached hydrogens (tertiary/aromatic N) is 3. The van der Waals surface area contributed by atoms with Crippen LogP contribution in [0.3, 0.4) is 0 Å². The average Bonchev–Trinajstić information content (AvgIpc) is 3.41. The number of fused-ring (bicyclic) bond motifs is 1. The summed E-state index contributed by atoms with van der Waals surface area (Å²) < 4.78 is 5.88. The van der Waals surface area contributed by atoms with Crippen molar-refractivity contribution < 1.29 is 9.21 Å². The van der Waals surface area contributed by atoms with Gasteiger partial charge in [0.1, 0.15) is 5.52 Å². The lowest BCUT2D eigenvalue weighted by molar-refractivity contribution is 0.0733. The lowest BCUT2D eigenvalue weighted by Gasteiger charge is -2.24. The second-order valence-electron chi connectivity index (χ2n) is 7.36. The molecule has 0 bridgehead atoms. The number of hydrogen-bond acceptors (Lipinski definition) is 4. The van der Waals surface area contributed by atoms with Crippen LogP contribution < -0.4 is 0 Å². The molecular weight excluding hydrogens is 362 g/mol. The molecule has 2 aromatic carbocycles. The minimum atomic E-state index is 0.0210. The maximum Gasteiger partial charge on any atom is 0.254 e. The van der Waals surface area contributed by atoms with Gasteiger partial charge in [-0.15, -0.1) is 0 Å². The van der Waals surface area contributed by atoms with Gasteiger partial charge in [-0.1, -0.05) is 36.4 Å². The van der Waals surface area contributed by atoms with Crippen molar-refractivity contribution in [3.05, 3.63) is 95.6 Å². The molecule has 1 aliphatic heterocycles. The van der Waals surface area contributed by atoms with Gasteiger partial charge in [0.25, 0.3) is 5.91 Å². The molecular formula is C24H21N3O2. The quantitative estimate of drug-likeness (QED) is 0.508. The zero-order valence-electron chi connectivity index (χ0n) is 16.0. The van der Waals surface area contributed by atoms with E-state index in [1.165, 1.54) is 0 Å². The lowest BCUT2D eigenvalue weighted by atomic mass is 10.1. The molecule has 5 nitrogen and oxygen atoms in total. The number of pyridine rings is 1. The summed E-state index contributed by atoms with van der Waals surface area (Å²) in [5.41, 5.74) is 4.15. The van der Waals surface area contributed by atoms with Crippen molar-refractivity contribution in [2.45, 2.75) is 25.3 Å². The molecule has 29 heavy (non-hydrogen) atoms. The van der Waals surface area contributed by atoms with Gasteiger partial charge in [-0.3, -0.25) is 9.78 Å². The highest BCUT2D eigenvalue weighted by Gasteiger charge is 2.31. The molecule has 1 aliphatic rings. The topological polar surface area (TPSA) is 59.2 Å². The van der Waals surface area contributed by atoms with Crippen LogP contribution in [0.2, 0.25) is 0 Å². The van der Waals surface area contributed by atoms with Crippen LogP contribution in [0.15, 0.2) is 77.3 Å². The first kappa shape index (κ1) is 17.6. The van der Waals surface area contributed by atoms with E-state index in [4.69, 9.17) is 4.42 Å². The van der Waals surface area contributed by atoms with E-state index in [2.05, 4.69) is 22.1 Å². The third kappa shape index (κ3) is 3.51. The summed E-state index contributed by atoms with van der Waals surface area (Å²) in [7, 11) is 0. The number of carbonyl (C=O) groups is 1. The van der Waals surface area contributed by atoms with Gasteiger partial charge >= 0.3 is 0 Å². The van der Waals surface area contributed by atoms with Crippen LogP contribution in [0, 0.1) is 0 Å². The fraction of sp³-hybridized carbons (Fsp3) is 0.208. The van der Waals surface area contributed by atoms with Crippen molar-refractivity contribution >= 4 is 17.0 Å². The predicted molar refractivity (Wildman–Crippen MR) is 111 cm³/mol. The zero-order valence-corrected chi connectivity index (χ0v) is 16.0. The predicted octanol–water partition coefficient (Wildman–Crippen LogP) is 4.79. The fourth-order valence-electron chi connectivity index (χ4n) is 4.01. The Morgan fingerprint density at radius 1 is 1.07 bits per heavy atom. The van der Waals surface area contributed by atoms with Gasteiger partial charge in [0.2, 0.25) is 0 Å². The third-order valence-electron chi connectivity index (χ3n) is 5.42. The molecule has 1 unspecified atom stereocenters. The van der Waals surface area contributed by atoms with Gasteiger partial charge in [0.05, 0.1) is 11.7 Å². The van der Waals surface area contributed by atoms with Gasteiger partial charge in [-0.25, -0.2) is 4.98 Å². The number of hydrogen-bond donors (Lipinski definition) is 0. The number of amides is 1. The van der Waals surface area contributed by atoms with Crippen molar-refractivity contribution in [3.63, 3.8) is 0 Å². The van der Waals surface area contributed by atoms with Crippen LogP contribution in [0.1, 0.15) is 46.4 Å². The Kier molecular flexibility index (Phi) is 4.56. The minimum absolute atomic E-state index is 0.0210. The van der Waals surface area contributed by atoms with Crippen molar-refractivity contribution in [2.24, 2.45) is 0 Å². The summed E-state index contributed by atoms with van der Waals surface area (Å²) in [5, 5.41) is 0. The Bertz CT molecular complexity index is 1140. The maximum atomic E-state index is 13.2. The van der Waals surface area contributed by atoms with Crippen molar-refractivity contribution in [2.75, 3.05) is 6.54 Å². The van der Waals surface area contributed by atoms with E-state index in [9.17, 15) is 4.79 Å². The number of benzene rings is 2. The Morgan fingerprint density at radius 2 is 1.93 bits per heavy atom. The minimum Gasteiger partial charge on any atom is -0.440 e. The second-order valence-corrected chi connectivity index (χ2v) is 7.36. The molecule has 0 saturated carbocycles. The fourth-order valence-corrected chi connectivity index (χ4v) is 4.01. The average molecular weight is 383 g/mol. The Balaban J connectivity index is 1.40. The molecule has 1 amide bonds. The number of carbonyl (C=O) groups excluding carboxylic acids is 1. The van der Waals surface area contributed by atoms with Crippen molar-refractivity contribution in [1.82, 2.24) is 14.9 Å². The summed E-state index contributed by atoms with van der Waals surface area (Å²) in [6.45, 7) is 0.746. The summed E-state index contributed by atoms with van der Waals surface area (Å²) in [5.74, 6) is 0.677. The van der Waals surface area contributed by atoms with E-state index in [1.807, 2.05) is 59.5 Å². The van der Waals surface area contributed by atoms with E-state index >= 15 is 0 Å². The number of rotatable bonds is 4. The molecule has 1 atom stereocenters. The number of likely N-dealkylation sites (tertiary alicyclic amines) is 1. The van der Waals surface area contributed by atoms with Crippen LogP contribution in [0.25, 0.3) is 11.1 Å². The molecule has 144 valence electrons.